The predicted molar refractivity (Wildman–Crippen MR) is 104 cm³/mol. The third kappa shape index (κ3) is 3.60. The van der Waals surface area contributed by atoms with Gasteiger partial charge >= 0.3 is 0 Å². The molecule has 1 aliphatic rings. The van der Waals surface area contributed by atoms with E-state index in [1.165, 1.54) is 4.88 Å². The van der Waals surface area contributed by atoms with Gasteiger partial charge in [0, 0.05) is 55.4 Å². The van der Waals surface area contributed by atoms with Gasteiger partial charge < -0.3 is 9.80 Å². The lowest BCUT2D eigenvalue weighted by Crippen LogP contribution is -2.49. The first kappa shape index (κ1) is 16.7. The number of nitrogens with zero attached hydrogens (tertiary/aromatic N) is 4. The van der Waals surface area contributed by atoms with Gasteiger partial charge in [-0.3, -0.25) is 4.79 Å². The van der Waals surface area contributed by atoms with Crippen LogP contribution in [0.5, 0.6) is 0 Å². The SMILES string of the molecule is O=C(c1ccccc1Cc1cccs1)N1CCN(c2ncccn2)CC1. The van der Waals surface area contributed by atoms with E-state index in [-0.39, 0.29) is 5.91 Å². The van der Waals surface area contributed by atoms with E-state index < -0.39 is 0 Å². The standard InChI is InChI=1S/C20H20N4OS/c25-19(18-7-2-1-5-16(18)15-17-6-3-14-26-17)23-10-12-24(13-11-23)20-21-8-4-9-22-20/h1-9,14H,10-13,15H2. The molecule has 1 saturated heterocycles. The quantitative estimate of drug-likeness (QED) is 0.714. The van der Waals surface area contributed by atoms with Gasteiger partial charge in [0.15, 0.2) is 0 Å². The summed E-state index contributed by atoms with van der Waals surface area (Å²) in [7, 11) is 0. The van der Waals surface area contributed by atoms with Crippen LogP contribution in [0.2, 0.25) is 0 Å². The zero-order chi connectivity index (χ0) is 17.8. The molecule has 1 aromatic carbocycles. The molecular weight excluding hydrogens is 344 g/mol. The lowest BCUT2D eigenvalue weighted by molar-refractivity contribution is 0.0745. The molecule has 0 spiro atoms. The molecule has 2 aromatic heterocycles. The van der Waals surface area contributed by atoms with Crippen molar-refractivity contribution in [2.45, 2.75) is 6.42 Å². The van der Waals surface area contributed by atoms with Crippen molar-refractivity contribution < 1.29 is 4.79 Å². The highest BCUT2D eigenvalue weighted by Crippen LogP contribution is 2.20. The monoisotopic (exact) mass is 364 g/mol. The fourth-order valence-electron chi connectivity index (χ4n) is 3.22. The van der Waals surface area contributed by atoms with Crippen molar-refractivity contribution in [3.8, 4) is 0 Å². The Hall–Kier alpha value is -2.73. The molecule has 26 heavy (non-hydrogen) atoms. The number of carbonyl (C=O) groups excluding carboxylic acids is 1. The molecule has 0 radical (unpaired) electrons. The summed E-state index contributed by atoms with van der Waals surface area (Å²) in [4.78, 5) is 27.0. The van der Waals surface area contributed by atoms with Gasteiger partial charge in [-0.2, -0.15) is 0 Å². The Kier molecular flexibility index (Phi) is 4.93. The molecule has 0 bridgehead atoms. The molecule has 4 rings (SSSR count). The number of hydrogen-bond acceptors (Lipinski definition) is 5. The van der Waals surface area contributed by atoms with Crippen LogP contribution in [0.1, 0.15) is 20.8 Å². The zero-order valence-corrected chi connectivity index (χ0v) is 15.2. The Morgan fingerprint density at radius 1 is 0.962 bits per heavy atom. The third-order valence-corrected chi connectivity index (χ3v) is 5.47. The Balaban J connectivity index is 1.46. The first-order valence-corrected chi connectivity index (χ1v) is 9.61. The Morgan fingerprint density at radius 3 is 2.46 bits per heavy atom. The van der Waals surface area contributed by atoms with E-state index in [9.17, 15) is 4.79 Å². The van der Waals surface area contributed by atoms with Gasteiger partial charge in [-0.1, -0.05) is 24.3 Å². The number of aromatic nitrogens is 2. The Labute approximate surface area is 156 Å². The summed E-state index contributed by atoms with van der Waals surface area (Å²) in [6.45, 7) is 2.88. The maximum atomic E-state index is 13.1. The predicted octanol–water partition coefficient (Wildman–Crippen LogP) is 3.09. The van der Waals surface area contributed by atoms with Crippen LogP contribution in [0.4, 0.5) is 5.95 Å². The number of amides is 1. The Morgan fingerprint density at radius 2 is 1.73 bits per heavy atom. The molecule has 5 nitrogen and oxygen atoms in total. The van der Waals surface area contributed by atoms with Crippen LogP contribution < -0.4 is 4.90 Å². The number of benzene rings is 1. The smallest absolute Gasteiger partial charge is 0.254 e. The molecule has 0 N–H and O–H groups in total. The second-order valence-corrected chi connectivity index (χ2v) is 7.27. The van der Waals surface area contributed by atoms with Crippen LogP contribution in [0.25, 0.3) is 0 Å². The molecule has 1 fully saturated rings. The van der Waals surface area contributed by atoms with E-state index in [1.54, 1.807) is 23.7 Å². The van der Waals surface area contributed by atoms with E-state index in [0.717, 1.165) is 36.6 Å². The lowest BCUT2D eigenvalue weighted by atomic mass is 10.0. The summed E-state index contributed by atoms with van der Waals surface area (Å²) in [6, 6.07) is 13.9. The van der Waals surface area contributed by atoms with Gasteiger partial charge in [0.1, 0.15) is 0 Å². The molecule has 3 heterocycles. The molecule has 0 unspecified atom stereocenters. The summed E-state index contributed by atoms with van der Waals surface area (Å²) < 4.78 is 0. The van der Waals surface area contributed by atoms with Crippen molar-refractivity contribution in [2.24, 2.45) is 0 Å². The molecule has 132 valence electrons. The maximum absolute atomic E-state index is 13.1. The van der Waals surface area contributed by atoms with E-state index in [1.807, 2.05) is 29.2 Å². The average molecular weight is 364 g/mol. The molecule has 0 aliphatic carbocycles. The van der Waals surface area contributed by atoms with Crippen LogP contribution in [0.15, 0.2) is 60.2 Å². The van der Waals surface area contributed by atoms with Gasteiger partial charge in [0.05, 0.1) is 0 Å². The summed E-state index contributed by atoms with van der Waals surface area (Å²) in [5, 5.41) is 2.07. The van der Waals surface area contributed by atoms with Crippen molar-refractivity contribution >= 4 is 23.2 Å². The molecule has 3 aromatic rings. The van der Waals surface area contributed by atoms with Gasteiger partial charge in [-0.05, 0) is 29.1 Å². The van der Waals surface area contributed by atoms with Gasteiger partial charge in [0.2, 0.25) is 5.95 Å². The molecule has 0 atom stereocenters. The minimum absolute atomic E-state index is 0.116. The summed E-state index contributed by atoms with van der Waals surface area (Å²) in [6.07, 6.45) is 4.30. The van der Waals surface area contributed by atoms with Crippen LogP contribution in [0, 0.1) is 0 Å². The second kappa shape index (κ2) is 7.66. The number of rotatable bonds is 4. The molecule has 1 aliphatic heterocycles. The zero-order valence-electron chi connectivity index (χ0n) is 14.4. The van der Waals surface area contributed by atoms with E-state index in [4.69, 9.17) is 0 Å². The van der Waals surface area contributed by atoms with Crippen LogP contribution >= 0.6 is 11.3 Å². The average Bonchev–Trinajstić information content (AvgIpc) is 3.22. The minimum atomic E-state index is 0.116. The number of carbonyl (C=O) groups is 1. The summed E-state index contributed by atoms with van der Waals surface area (Å²) in [5.41, 5.74) is 1.90. The van der Waals surface area contributed by atoms with E-state index >= 15 is 0 Å². The highest BCUT2D eigenvalue weighted by atomic mass is 32.1. The van der Waals surface area contributed by atoms with E-state index in [2.05, 4.69) is 38.4 Å². The molecule has 1 amide bonds. The minimum Gasteiger partial charge on any atom is -0.337 e. The topological polar surface area (TPSA) is 49.3 Å². The van der Waals surface area contributed by atoms with Crippen molar-refractivity contribution in [1.29, 1.82) is 0 Å². The van der Waals surface area contributed by atoms with Crippen molar-refractivity contribution in [3.63, 3.8) is 0 Å². The number of piperazine rings is 1. The summed E-state index contributed by atoms with van der Waals surface area (Å²) in [5.74, 6) is 0.850. The fourth-order valence-corrected chi connectivity index (χ4v) is 3.95. The highest BCUT2D eigenvalue weighted by Gasteiger charge is 2.24. The van der Waals surface area contributed by atoms with Gasteiger partial charge in [-0.15, -0.1) is 11.3 Å². The van der Waals surface area contributed by atoms with Crippen LogP contribution in [-0.2, 0) is 6.42 Å². The second-order valence-electron chi connectivity index (χ2n) is 6.24. The van der Waals surface area contributed by atoms with Crippen LogP contribution in [-0.4, -0.2) is 47.0 Å². The first-order valence-electron chi connectivity index (χ1n) is 8.73. The summed E-state index contributed by atoms with van der Waals surface area (Å²) >= 11 is 1.73. The largest absolute Gasteiger partial charge is 0.337 e. The van der Waals surface area contributed by atoms with Crippen LogP contribution in [0.3, 0.4) is 0 Å². The van der Waals surface area contributed by atoms with Crippen molar-refractivity contribution in [1.82, 2.24) is 14.9 Å². The Bertz CT molecular complexity index is 859. The first-order chi connectivity index (χ1) is 12.8. The molecular formula is C20H20N4OS. The van der Waals surface area contributed by atoms with Crippen molar-refractivity contribution in [2.75, 3.05) is 31.1 Å². The van der Waals surface area contributed by atoms with Crippen molar-refractivity contribution in [3.05, 3.63) is 76.2 Å². The normalized spacial score (nSPS) is 14.5. The van der Waals surface area contributed by atoms with Gasteiger partial charge in [-0.25, -0.2) is 9.97 Å². The third-order valence-electron chi connectivity index (χ3n) is 4.59. The fraction of sp³-hybridized carbons (Fsp3) is 0.250. The van der Waals surface area contributed by atoms with E-state index in [0.29, 0.717) is 13.1 Å². The maximum Gasteiger partial charge on any atom is 0.254 e. The highest BCUT2D eigenvalue weighted by molar-refractivity contribution is 7.09. The number of anilines is 1. The van der Waals surface area contributed by atoms with Gasteiger partial charge in [0.25, 0.3) is 5.91 Å². The molecule has 0 saturated carbocycles. The molecule has 6 heteroatoms. The number of hydrogen-bond donors (Lipinski definition) is 0. The lowest BCUT2D eigenvalue weighted by Gasteiger charge is -2.35. The number of thiophene rings is 1.